The van der Waals surface area contributed by atoms with Gasteiger partial charge in [-0.1, -0.05) is 24.3 Å². The van der Waals surface area contributed by atoms with Gasteiger partial charge in [-0.2, -0.15) is 0 Å². The summed E-state index contributed by atoms with van der Waals surface area (Å²) in [6.45, 7) is 11.7. The number of hydrogen-bond acceptors (Lipinski definition) is 10. The van der Waals surface area contributed by atoms with E-state index in [1.54, 1.807) is 60.7 Å². The maximum Gasteiger partial charge on any atom is 2.00 e. The molecule has 0 saturated carbocycles. The smallest absolute Gasteiger partial charge is 0.506 e. The predicted molar refractivity (Wildman–Crippen MR) is 181 cm³/mol. The SMILES string of the molecule is CCN(CC)c1ccc(N=Nc2ccccc2O)c(O)c1.CCN(CC)c1ccc(N=Nc2ccccc2O)c(O)c1.[CH3-].[CH3-].[Co+2]. The van der Waals surface area contributed by atoms with E-state index < -0.39 is 0 Å². The van der Waals surface area contributed by atoms with E-state index in [-0.39, 0.29) is 54.6 Å². The molecular formula is C34H44CoN6O4. The minimum Gasteiger partial charge on any atom is -0.506 e. The Balaban J connectivity index is 0.000000807. The van der Waals surface area contributed by atoms with E-state index >= 15 is 0 Å². The number of anilines is 2. The Morgan fingerprint density at radius 1 is 0.444 bits per heavy atom. The number of rotatable bonds is 10. The van der Waals surface area contributed by atoms with Gasteiger partial charge in [0.25, 0.3) is 0 Å². The maximum absolute atomic E-state index is 10.0. The van der Waals surface area contributed by atoms with Crippen LogP contribution >= 0.6 is 0 Å². The molecule has 1 radical (unpaired) electrons. The number of benzene rings is 4. The van der Waals surface area contributed by atoms with Gasteiger partial charge in [0, 0.05) is 49.7 Å². The minimum absolute atomic E-state index is 0. The summed E-state index contributed by atoms with van der Waals surface area (Å²) in [5.74, 6) is 0.248. The average Bonchev–Trinajstić information content (AvgIpc) is 2.99. The van der Waals surface area contributed by atoms with Crippen molar-refractivity contribution in [3.05, 3.63) is 99.8 Å². The molecule has 4 rings (SSSR count). The van der Waals surface area contributed by atoms with Crippen LogP contribution in [0.3, 0.4) is 0 Å². The fraction of sp³-hybridized carbons (Fsp3) is 0.235. The number of nitrogens with zero attached hydrogens (tertiary/aromatic N) is 6. The molecule has 0 aliphatic rings. The van der Waals surface area contributed by atoms with Crippen LogP contribution in [0.25, 0.3) is 0 Å². The van der Waals surface area contributed by atoms with E-state index in [4.69, 9.17) is 0 Å². The second-order valence-corrected chi connectivity index (χ2v) is 9.07. The van der Waals surface area contributed by atoms with Gasteiger partial charge in [0.2, 0.25) is 0 Å². The average molecular weight is 660 g/mol. The Labute approximate surface area is 277 Å². The van der Waals surface area contributed by atoms with Gasteiger partial charge in [0.1, 0.15) is 45.7 Å². The molecule has 4 aromatic carbocycles. The molecule has 10 nitrogen and oxygen atoms in total. The third-order valence-electron chi connectivity index (χ3n) is 6.47. The van der Waals surface area contributed by atoms with Gasteiger partial charge in [-0.25, -0.2) is 0 Å². The first-order valence-electron chi connectivity index (χ1n) is 13.9. The van der Waals surface area contributed by atoms with Crippen LogP contribution in [-0.4, -0.2) is 46.6 Å². The molecule has 0 heterocycles. The molecular weight excluding hydrogens is 615 g/mol. The molecule has 4 aromatic rings. The van der Waals surface area contributed by atoms with Gasteiger partial charge in [-0.15, -0.1) is 20.5 Å². The van der Waals surface area contributed by atoms with E-state index in [0.29, 0.717) is 22.7 Å². The van der Waals surface area contributed by atoms with Crippen LogP contribution in [-0.2, 0) is 16.8 Å². The number of phenols is 4. The Hall–Kier alpha value is -4.61. The van der Waals surface area contributed by atoms with E-state index in [1.807, 2.05) is 12.1 Å². The minimum atomic E-state index is 0. The molecule has 0 saturated heterocycles. The monoisotopic (exact) mass is 659 g/mol. The van der Waals surface area contributed by atoms with E-state index in [1.165, 1.54) is 12.1 Å². The number of aromatic hydroxyl groups is 4. The summed E-state index contributed by atoms with van der Waals surface area (Å²) in [6, 6.07) is 23.9. The summed E-state index contributed by atoms with van der Waals surface area (Å²) >= 11 is 0. The van der Waals surface area contributed by atoms with E-state index in [0.717, 1.165) is 37.6 Å². The van der Waals surface area contributed by atoms with Gasteiger partial charge in [-0.3, -0.25) is 0 Å². The first-order chi connectivity index (χ1) is 20.3. The molecule has 11 heteroatoms. The molecule has 0 aliphatic heterocycles. The van der Waals surface area contributed by atoms with E-state index in [9.17, 15) is 20.4 Å². The van der Waals surface area contributed by atoms with Crippen molar-refractivity contribution in [3.63, 3.8) is 0 Å². The molecule has 0 aliphatic carbocycles. The zero-order chi connectivity index (χ0) is 30.5. The van der Waals surface area contributed by atoms with Crippen molar-refractivity contribution in [2.24, 2.45) is 20.5 Å². The van der Waals surface area contributed by atoms with Crippen LogP contribution in [0.5, 0.6) is 23.0 Å². The van der Waals surface area contributed by atoms with Crippen molar-refractivity contribution in [2.75, 3.05) is 36.0 Å². The van der Waals surface area contributed by atoms with Crippen LogP contribution in [0.15, 0.2) is 105 Å². The van der Waals surface area contributed by atoms with Gasteiger partial charge in [0.15, 0.2) is 0 Å². The molecule has 0 amide bonds. The summed E-state index contributed by atoms with van der Waals surface area (Å²) < 4.78 is 0. The van der Waals surface area contributed by atoms with Crippen LogP contribution in [0.1, 0.15) is 27.7 Å². The topological polar surface area (TPSA) is 137 Å². The van der Waals surface area contributed by atoms with Crippen LogP contribution < -0.4 is 9.80 Å². The quantitative estimate of drug-likeness (QED) is 0.0988. The summed E-state index contributed by atoms with van der Waals surface area (Å²) in [5, 5.41) is 55.2. The second-order valence-electron chi connectivity index (χ2n) is 9.07. The summed E-state index contributed by atoms with van der Waals surface area (Å²) in [4.78, 5) is 4.26. The number of phenolic OH excluding ortho intramolecular Hbond substituents is 4. The summed E-state index contributed by atoms with van der Waals surface area (Å²) in [7, 11) is 0. The molecule has 0 unspecified atom stereocenters. The van der Waals surface area contributed by atoms with Crippen LogP contribution in [0.4, 0.5) is 34.1 Å². The van der Waals surface area contributed by atoms with Gasteiger partial charge in [0.05, 0.1) is 0 Å². The Kier molecular flexibility index (Phi) is 18.3. The van der Waals surface area contributed by atoms with Gasteiger partial charge < -0.3 is 45.1 Å². The normalized spacial score (nSPS) is 10.2. The fourth-order valence-electron chi connectivity index (χ4n) is 4.08. The molecule has 0 spiro atoms. The second kappa shape index (κ2) is 20.4. The number of hydrogen-bond donors (Lipinski definition) is 4. The predicted octanol–water partition coefficient (Wildman–Crippen LogP) is 9.62. The molecule has 0 aromatic heterocycles. The molecule has 4 N–H and O–H groups in total. The number of para-hydroxylation sites is 2. The van der Waals surface area contributed by atoms with Crippen molar-refractivity contribution in [1.29, 1.82) is 0 Å². The van der Waals surface area contributed by atoms with Gasteiger partial charge in [-0.05, 0) is 76.2 Å². The largest absolute Gasteiger partial charge is 2.00 e. The maximum atomic E-state index is 10.0. The summed E-state index contributed by atoms with van der Waals surface area (Å²) in [5.41, 5.74) is 3.36. The number of azo groups is 2. The molecule has 45 heavy (non-hydrogen) atoms. The third kappa shape index (κ3) is 11.4. The van der Waals surface area contributed by atoms with Crippen molar-refractivity contribution >= 4 is 34.1 Å². The summed E-state index contributed by atoms with van der Waals surface area (Å²) in [6.07, 6.45) is 0. The molecule has 243 valence electrons. The van der Waals surface area contributed by atoms with Crippen LogP contribution in [0, 0.1) is 14.9 Å². The Morgan fingerprint density at radius 2 is 0.733 bits per heavy atom. The van der Waals surface area contributed by atoms with Crippen molar-refractivity contribution in [2.45, 2.75) is 27.7 Å². The van der Waals surface area contributed by atoms with Crippen molar-refractivity contribution in [1.82, 2.24) is 0 Å². The molecule has 0 atom stereocenters. The first kappa shape index (κ1) is 40.4. The van der Waals surface area contributed by atoms with Crippen molar-refractivity contribution < 1.29 is 37.2 Å². The first-order valence-corrected chi connectivity index (χ1v) is 13.9. The van der Waals surface area contributed by atoms with E-state index in [2.05, 4.69) is 58.0 Å². The Bertz CT molecular complexity index is 1400. The third-order valence-corrected chi connectivity index (χ3v) is 6.47. The fourth-order valence-corrected chi connectivity index (χ4v) is 4.08. The molecule has 0 fully saturated rings. The standard InChI is InChI=1S/2C16H19N3O2.2CH3.Co/c2*1-3-19(4-2)12-9-10-14(16(21)11-12)18-17-13-7-5-6-8-15(13)20;;;/h2*5-11,20-21H,3-4H2,1-2H3;2*1H3;/q;;2*-1;+2. The van der Waals surface area contributed by atoms with Crippen molar-refractivity contribution in [3.8, 4) is 23.0 Å². The Morgan fingerprint density at radius 3 is 1.00 bits per heavy atom. The van der Waals surface area contributed by atoms with Crippen LogP contribution in [0.2, 0.25) is 0 Å². The van der Waals surface area contributed by atoms with Gasteiger partial charge >= 0.3 is 16.8 Å². The zero-order valence-corrected chi connectivity index (χ0v) is 27.8. The zero-order valence-electron chi connectivity index (χ0n) is 26.7. The molecule has 0 bridgehead atoms.